The number of hydrogen-bond donors (Lipinski definition) is 0. The van der Waals surface area contributed by atoms with Gasteiger partial charge in [0.1, 0.15) is 0 Å². The van der Waals surface area contributed by atoms with Crippen molar-refractivity contribution in [3.8, 4) is 0 Å². The molecule has 0 radical (unpaired) electrons. The molecule has 0 saturated carbocycles. The van der Waals surface area contributed by atoms with Gasteiger partial charge < -0.3 is 0 Å². The molecule has 0 saturated heterocycles. The summed E-state index contributed by atoms with van der Waals surface area (Å²) in [6.45, 7) is 13.3. The van der Waals surface area contributed by atoms with E-state index in [2.05, 4.69) is 31.7 Å². The van der Waals surface area contributed by atoms with Gasteiger partial charge in [-0.3, -0.25) is 4.99 Å². The van der Waals surface area contributed by atoms with Crippen LogP contribution in [0.25, 0.3) is 0 Å². The molecule has 0 aromatic carbocycles. The summed E-state index contributed by atoms with van der Waals surface area (Å²) in [7, 11) is 0. The van der Waals surface area contributed by atoms with Crippen LogP contribution >= 0.6 is 0 Å². The smallest absolute Gasteiger partial charge is 0.0296 e. The molecule has 1 atom stereocenters. The highest BCUT2D eigenvalue weighted by Crippen LogP contribution is 2.07. The molecule has 0 aromatic heterocycles. The Balaban J connectivity index is 4.24. The third kappa shape index (κ3) is 6.67. The largest absolute Gasteiger partial charge is 0.268 e. The van der Waals surface area contributed by atoms with Gasteiger partial charge in [0.05, 0.1) is 0 Å². The maximum absolute atomic E-state index is 4.27. The van der Waals surface area contributed by atoms with Crippen LogP contribution in [-0.2, 0) is 0 Å². The number of rotatable bonds is 8. The normalized spacial score (nSPS) is 13.8. The minimum Gasteiger partial charge on any atom is -0.268 e. The lowest BCUT2D eigenvalue weighted by Gasteiger charge is -2.00. The SMILES string of the molecule is C=CCC/C(C=C)=C\N=CC(C=C)CC. The fraction of sp³-hybridized carbons (Fsp3) is 0.357. The van der Waals surface area contributed by atoms with Gasteiger partial charge in [-0.1, -0.05) is 31.7 Å². The molecule has 0 aliphatic heterocycles. The van der Waals surface area contributed by atoms with Crippen molar-refractivity contribution in [3.05, 3.63) is 49.7 Å². The van der Waals surface area contributed by atoms with Crippen molar-refractivity contribution in [1.82, 2.24) is 0 Å². The third-order valence-electron chi connectivity index (χ3n) is 2.19. The molecule has 0 aliphatic rings. The molecule has 82 valence electrons. The molecule has 0 rings (SSSR count). The van der Waals surface area contributed by atoms with Gasteiger partial charge >= 0.3 is 0 Å². The van der Waals surface area contributed by atoms with Crippen LogP contribution in [0.3, 0.4) is 0 Å². The summed E-state index contributed by atoms with van der Waals surface area (Å²) < 4.78 is 0. The van der Waals surface area contributed by atoms with E-state index in [0.29, 0.717) is 5.92 Å². The predicted octanol–water partition coefficient (Wildman–Crippen LogP) is 4.31. The highest BCUT2D eigenvalue weighted by atomic mass is 14.7. The van der Waals surface area contributed by atoms with E-state index in [0.717, 1.165) is 24.8 Å². The summed E-state index contributed by atoms with van der Waals surface area (Å²) in [5.41, 5.74) is 1.14. The average molecular weight is 203 g/mol. The molecule has 0 N–H and O–H groups in total. The number of hydrogen-bond acceptors (Lipinski definition) is 1. The molecule has 1 nitrogen and oxygen atoms in total. The van der Waals surface area contributed by atoms with E-state index in [-0.39, 0.29) is 0 Å². The van der Waals surface area contributed by atoms with Crippen molar-refractivity contribution in [2.24, 2.45) is 10.9 Å². The van der Waals surface area contributed by atoms with E-state index in [9.17, 15) is 0 Å². The molecule has 0 aromatic rings. The summed E-state index contributed by atoms with van der Waals surface area (Å²) in [6.07, 6.45) is 12.4. The Hall–Kier alpha value is -1.37. The minimum absolute atomic E-state index is 0.367. The lowest BCUT2D eigenvalue weighted by atomic mass is 10.1. The Kier molecular flexibility index (Phi) is 8.36. The second-order valence-electron chi connectivity index (χ2n) is 3.34. The first-order valence-corrected chi connectivity index (χ1v) is 5.36. The molecule has 0 heterocycles. The molecule has 0 spiro atoms. The van der Waals surface area contributed by atoms with Crippen LogP contribution in [0.2, 0.25) is 0 Å². The zero-order valence-corrected chi connectivity index (χ0v) is 9.65. The first kappa shape index (κ1) is 13.6. The lowest BCUT2D eigenvalue weighted by molar-refractivity contribution is 0.833. The summed E-state index contributed by atoms with van der Waals surface area (Å²) in [5.74, 6) is 0.367. The molecular formula is C14H21N. The predicted molar refractivity (Wildman–Crippen MR) is 70.2 cm³/mol. The molecule has 15 heavy (non-hydrogen) atoms. The Labute approximate surface area is 93.6 Å². The summed E-state index contributed by atoms with van der Waals surface area (Å²) in [6, 6.07) is 0. The molecular weight excluding hydrogens is 182 g/mol. The zero-order valence-electron chi connectivity index (χ0n) is 9.65. The van der Waals surface area contributed by atoms with E-state index < -0.39 is 0 Å². The molecule has 1 heteroatoms. The quantitative estimate of drug-likeness (QED) is 0.317. The van der Waals surface area contributed by atoms with Crippen LogP contribution < -0.4 is 0 Å². The van der Waals surface area contributed by atoms with Crippen LogP contribution in [0, 0.1) is 5.92 Å². The molecule has 0 aliphatic carbocycles. The fourth-order valence-corrected chi connectivity index (χ4v) is 1.07. The van der Waals surface area contributed by atoms with Gasteiger partial charge in [-0.2, -0.15) is 0 Å². The van der Waals surface area contributed by atoms with E-state index in [1.165, 1.54) is 0 Å². The van der Waals surface area contributed by atoms with Crippen LogP contribution in [0.4, 0.5) is 0 Å². The number of allylic oxidation sites excluding steroid dienone is 4. The van der Waals surface area contributed by atoms with Gasteiger partial charge in [-0.25, -0.2) is 0 Å². The second kappa shape index (κ2) is 9.20. The highest BCUT2D eigenvalue weighted by molar-refractivity contribution is 5.63. The average Bonchev–Trinajstić information content (AvgIpc) is 2.28. The van der Waals surface area contributed by atoms with Gasteiger partial charge in [-0.05, 0) is 24.8 Å². The Bertz CT molecular complexity index is 259. The standard InChI is InChI=1S/C14H21N/c1-5-9-10-14(8-4)12-15-11-13(6-2)7-3/h5-6,8,11-13H,1-2,4,7,9-10H2,3H3/b14-12-,15-11?. The summed E-state index contributed by atoms with van der Waals surface area (Å²) in [5, 5.41) is 0. The Morgan fingerprint density at radius 2 is 2.07 bits per heavy atom. The van der Waals surface area contributed by atoms with Crippen molar-refractivity contribution >= 4 is 6.21 Å². The first-order valence-electron chi connectivity index (χ1n) is 5.36. The molecule has 1 unspecified atom stereocenters. The van der Waals surface area contributed by atoms with Crippen molar-refractivity contribution in [1.29, 1.82) is 0 Å². The number of aliphatic imine (C=N–C) groups is 1. The topological polar surface area (TPSA) is 12.4 Å². The van der Waals surface area contributed by atoms with E-state index in [4.69, 9.17) is 0 Å². The van der Waals surface area contributed by atoms with Gasteiger partial charge in [0.25, 0.3) is 0 Å². The summed E-state index contributed by atoms with van der Waals surface area (Å²) in [4.78, 5) is 4.27. The van der Waals surface area contributed by atoms with E-state index >= 15 is 0 Å². The van der Waals surface area contributed by atoms with Crippen molar-refractivity contribution in [3.63, 3.8) is 0 Å². The Morgan fingerprint density at radius 1 is 1.33 bits per heavy atom. The lowest BCUT2D eigenvalue weighted by Crippen LogP contribution is -1.93. The fourth-order valence-electron chi connectivity index (χ4n) is 1.07. The van der Waals surface area contributed by atoms with E-state index in [1.807, 2.05) is 30.6 Å². The van der Waals surface area contributed by atoms with Crippen molar-refractivity contribution in [2.75, 3.05) is 0 Å². The van der Waals surface area contributed by atoms with Crippen molar-refractivity contribution in [2.45, 2.75) is 26.2 Å². The van der Waals surface area contributed by atoms with Crippen LogP contribution in [0.1, 0.15) is 26.2 Å². The monoisotopic (exact) mass is 203 g/mol. The van der Waals surface area contributed by atoms with Gasteiger partial charge in [0, 0.05) is 18.3 Å². The molecule has 0 amide bonds. The molecule has 0 fully saturated rings. The Morgan fingerprint density at radius 3 is 2.53 bits per heavy atom. The van der Waals surface area contributed by atoms with Crippen LogP contribution in [0.15, 0.2) is 54.7 Å². The van der Waals surface area contributed by atoms with Crippen LogP contribution in [-0.4, -0.2) is 6.21 Å². The van der Waals surface area contributed by atoms with Crippen LogP contribution in [0.5, 0.6) is 0 Å². The van der Waals surface area contributed by atoms with Crippen molar-refractivity contribution < 1.29 is 0 Å². The third-order valence-corrected chi connectivity index (χ3v) is 2.19. The van der Waals surface area contributed by atoms with Gasteiger partial charge in [-0.15, -0.1) is 13.2 Å². The van der Waals surface area contributed by atoms with Gasteiger partial charge in [0.2, 0.25) is 0 Å². The number of nitrogens with zero attached hydrogens (tertiary/aromatic N) is 1. The maximum atomic E-state index is 4.27. The molecule has 0 bridgehead atoms. The summed E-state index contributed by atoms with van der Waals surface area (Å²) >= 11 is 0. The minimum atomic E-state index is 0.367. The first-order chi connectivity index (χ1) is 7.28. The van der Waals surface area contributed by atoms with Gasteiger partial charge in [0.15, 0.2) is 0 Å². The maximum Gasteiger partial charge on any atom is 0.0296 e. The zero-order chi connectivity index (χ0) is 11.5. The second-order valence-corrected chi connectivity index (χ2v) is 3.34. The highest BCUT2D eigenvalue weighted by Gasteiger charge is 1.93. The van der Waals surface area contributed by atoms with E-state index in [1.54, 1.807) is 0 Å².